The molecular formula is C14H14O4S. The summed E-state index contributed by atoms with van der Waals surface area (Å²) in [5.74, 6) is 0.152. The number of sulfone groups is 1. The van der Waals surface area contributed by atoms with Gasteiger partial charge in [0.2, 0.25) is 0 Å². The molecule has 0 saturated heterocycles. The summed E-state index contributed by atoms with van der Waals surface area (Å²) in [7, 11) is -3.47. The Bertz CT molecular complexity index is 711. The van der Waals surface area contributed by atoms with Crippen LogP contribution in [0.5, 0.6) is 0 Å². The number of hydrogen-bond donors (Lipinski definition) is 0. The summed E-state index contributed by atoms with van der Waals surface area (Å²) in [6.07, 6.45) is 0.550. The van der Waals surface area contributed by atoms with Gasteiger partial charge in [0.15, 0.2) is 21.9 Å². The molecular weight excluding hydrogens is 264 g/mol. The maximum atomic E-state index is 12.3. The van der Waals surface area contributed by atoms with E-state index >= 15 is 0 Å². The van der Waals surface area contributed by atoms with Gasteiger partial charge in [-0.1, -0.05) is 12.1 Å². The highest BCUT2D eigenvalue weighted by atomic mass is 32.2. The molecule has 0 radical (unpaired) electrons. The third kappa shape index (κ3) is 2.93. The van der Waals surface area contributed by atoms with Crippen LogP contribution in [-0.2, 0) is 15.6 Å². The summed E-state index contributed by atoms with van der Waals surface area (Å²) < 4.78 is 29.8. The molecule has 2 aromatic rings. The molecule has 0 atom stereocenters. The van der Waals surface area contributed by atoms with Gasteiger partial charge in [-0.15, -0.1) is 0 Å². The highest BCUT2D eigenvalue weighted by Crippen LogP contribution is 2.22. The molecule has 4 nitrogen and oxygen atoms in total. The van der Waals surface area contributed by atoms with E-state index in [1.54, 1.807) is 19.1 Å². The minimum absolute atomic E-state index is 0.131. The lowest BCUT2D eigenvalue weighted by molar-refractivity contribution is 0.109. The van der Waals surface area contributed by atoms with E-state index in [4.69, 9.17) is 4.42 Å². The minimum atomic E-state index is -3.47. The molecule has 5 heteroatoms. The number of benzene rings is 1. The second-order valence-electron chi connectivity index (χ2n) is 4.45. The lowest BCUT2D eigenvalue weighted by Crippen LogP contribution is -2.06. The van der Waals surface area contributed by atoms with Gasteiger partial charge in [0.1, 0.15) is 11.5 Å². The highest BCUT2D eigenvalue weighted by molar-refractivity contribution is 7.90. The van der Waals surface area contributed by atoms with E-state index in [1.807, 2.05) is 13.0 Å². The smallest absolute Gasteiger partial charge is 0.185 e. The van der Waals surface area contributed by atoms with Gasteiger partial charge in [0.25, 0.3) is 0 Å². The Morgan fingerprint density at radius 3 is 2.53 bits per heavy atom. The lowest BCUT2D eigenvalue weighted by Gasteiger charge is -2.07. The van der Waals surface area contributed by atoms with Crippen LogP contribution in [0.15, 0.2) is 39.6 Å². The first-order valence-electron chi connectivity index (χ1n) is 5.76. The van der Waals surface area contributed by atoms with Crippen LogP contribution in [0.2, 0.25) is 0 Å². The summed E-state index contributed by atoms with van der Waals surface area (Å²) >= 11 is 0. The Morgan fingerprint density at radius 2 is 1.89 bits per heavy atom. The van der Waals surface area contributed by atoms with Crippen LogP contribution in [-0.4, -0.2) is 14.7 Å². The van der Waals surface area contributed by atoms with E-state index in [1.165, 1.54) is 12.1 Å². The van der Waals surface area contributed by atoms with Crippen LogP contribution >= 0.6 is 0 Å². The topological polar surface area (TPSA) is 64.3 Å². The average molecular weight is 278 g/mol. The first-order valence-corrected chi connectivity index (χ1v) is 7.41. The van der Waals surface area contributed by atoms with Crippen molar-refractivity contribution in [1.82, 2.24) is 0 Å². The van der Waals surface area contributed by atoms with Gasteiger partial charge in [-0.25, -0.2) is 8.42 Å². The van der Waals surface area contributed by atoms with Crippen molar-refractivity contribution in [2.24, 2.45) is 0 Å². The van der Waals surface area contributed by atoms with E-state index in [0.717, 1.165) is 5.56 Å². The van der Waals surface area contributed by atoms with Crippen LogP contribution in [0.25, 0.3) is 0 Å². The largest absolute Gasteiger partial charge is 0.457 e. The molecule has 1 aromatic heterocycles. The fourth-order valence-electron chi connectivity index (χ4n) is 1.84. The zero-order valence-electron chi connectivity index (χ0n) is 10.7. The molecule has 2 rings (SSSR count). The molecule has 0 aliphatic rings. The summed E-state index contributed by atoms with van der Waals surface area (Å²) in [6, 6.07) is 8.26. The molecule has 0 unspecified atom stereocenters. The molecule has 1 heterocycles. The van der Waals surface area contributed by atoms with Crippen molar-refractivity contribution in [3.8, 4) is 0 Å². The predicted octanol–water partition coefficient (Wildman–Crippen LogP) is 2.68. The number of carbonyl (C=O) groups is 1. The predicted molar refractivity (Wildman–Crippen MR) is 70.9 cm³/mol. The Morgan fingerprint density at radius 1 is 1.16 bits per heavy atom. The number of hydrogen-bond acceptors (Lipinski definition) is 4. The number of aryl methyl sites for hydroxylation is 2. The number of carbonyl (C=O) groups excluding carboxylic acids is 1. The second-order valence-corrected chi connectivity index (χ2v) is 6.41. The maximum Gasteiger partial charge on any atom is 0.185 e. The van der Waals surface area contributed by atoms with Crippen molar-refractivity contribution < 1.29 is 17.6 Å². The van der Waals surface area contributed by atoms with Crippen molar-refractivity contribution in [2.45, 2.75) is 24.5 Å². The van der Waals surface area contributed by atoms with Gasteiger partial charge in [-0.05, 0) is 43.2 Å². The van der Waals surface area contributed by atoms with Crippen LogP contribution < -0.4 is 0 Å². The first-order chi connectivity index (χ1) is 8.92. The standard InChI is InChI=1S/C14H14O4S/c1-10-3-4-11(2)14(7-10)19(16,17)9-13-6-5-12(8-15)18-13/h3-8H,9H2,1-2H3. The molecule has 0 aliphatic carbocycles. The van der Waals surface area contributed by atoms with Gasteiger partial charge in [0, 0.05) is 0 Å². The zero-order chi connectivity index (χ0) is 14.0. The molecule has 1 aromatic carbocycles. The normalized spacial score (nSPS) is 11.5. The molecule has 0 amide bonds. The summed E-state index contributed by atoms with van der Waals surface area (Å²) in [4.78, 5) is 10.8. The molecule has 0 spiro atoms. The van der Waals surface area contributed by atoms with Gasteiger partial charge in [-0.2, -0.15) is 0 Å². The van der Waals surface area contributed by atoms with Crippen molar-refractivity contribution in [3.05, 3.63) is 53.0 Å². The quantitative estimate of drug-likeness (QED) is 0.806. The maximum absolute atomic E-state index is 12.3. The Balaban J connectivity index is 2.37. The Kier molecular flexibility index (Phi) is 3.57. The Labute approximate surface area is 112 Å². The lowest BCUT2D eigenvalue weighted by atomic mass is 10.2. The van der Waals surface area contributed by atoms with Gasteiger partial charge in [0.05, 0.1) is 4.90 Å². The van der Waals surface area contributed by atoms with Gasteiger partial charge < -0.3 is 4.42 Å². The van der Waals surface area contributed by atoms with Crippen LogP contribution in [0.3, 0.4) is 0 Å². The number of aldehydes is 1. The van der Waals surface area contributed by atoms with E-state index in [0.29, 0.717) is 16.7 Å². The number of furan rings is 1. The molecule has 0 fully saturated rings. The summed E-state index contributed by atoms with van der Waals surface area (Å²) in [6.45, 7) is 3.60. The van der Waals surface area contributed by atoms with Crippen molar-refractivity contribution >= 4 is 16.1 Å². The number of rotatable bonds is 4. The van der Waals surface area contributed by atoms with Crippen LogP contribution in [0.1, 0.15) is 27.4 Å². The molecule has 0 saturated carbocycles. The van der Waals surface area contributed by atoms with E-state index in [-0.39, 0.29) is 17.3 Å². The Hall–Kier alpha value is -1.88. The zero-order valence-corrected chi connectivity index (χ0v) is 11.5. The molecule has 19 heavy (non-hydrogen) atoms. The minimum Gasteiger partial charge on any atom is -0.457 e. The summed E-state index contributed by atoms with van der Waals surface area (Å²) in [5.41, 5.74) is 1.59. The van der Waals surface area contributed by atoms with Crippen molar-refractivity contribution in [3.63, 3.8) is 0 Å². The molecule has 100 valence electrons. The third-order valence-electron chi connectivity index (χ3n) is 2.81. The van der Waals surface area contributed by atoms with E-state index in [9.17, 15) is 13.2 Å². The molecule has 0 aliphatic heterocycles. The van der Waals surface area contributed by atoms with Crippen molar-refractivity contribution in [2.75, 3.05) is 0 Å². The van der Waals surface area contributed by atoms with Crippen molar-refractivity contribution in [1.29, 1.82) is 0 Å². The fourth-order valence-corrected chi connectivity index (χ4v) is 3.45. The summed E-state index contributed by atoms with van der Waals surface area (Å²) in [5, 5.41) is 0. The first kappa shape index (κ1) is 13.5. The second kappa shape index (κ2) is 5.01. The van der Waals surface area contributed by atoms with E-state index in [2.05, 4.69) is 0 Å². The highest BCUT2D eigenvalue weighted by Gasteiger charge is 2.20. The third-order valence-corrected chi connectivity index (χ3v) is 4.58. The van der Waals surface area contributed by atoms with Crippen LogP contribution in [0.4, 0.5) is 0 Å². The average Bonchev–Trinajstić information content (AvgIpc) is 2.79. The monoisotopic (exact) mass is 278 g/mol. The fraction of sp³-hybridized carbons (Fsp3) is 0.214. The van der Waals surface area contributed by atoms with Crippen LogP contribution in [0, 0.1) is 13.8 Å². The molecule has 0 N–H and O–H groups in total. The van der Waals surface area contributed by atoms with Gasteiger partial charge >= 0.3 is 0 Å². The molecule has 0 bridgehead atoms. The van der Waals surface area contributed by atoms with Gasteiger partial charge in [-0.3, -0.25) is 4.79 Å². The van der Waals surface area contributed by atoms with E-state index < -0.39 is 9.84 Å². The SMILES string of the molecule is Cc1ccc(C)c(S(=O)(=O)Cc2ccc(C=O)o2)c1.